The Kier molecular flexibility index (Phi) is 43.5. The normalized spacial score (nSPS) is 13.8. The standard InChI is InChI=1S/C32H46N4.C22H38N4.2C11H9NO2.C10H7NO3.C4H8N2/c1(3-5-7-15-21-33-23-25-35(29-33)27-31-17-11-9-12-18-31)2-4-6-8-16-22-34-24-26-36(30-34)28-32-19-13-10-14-20-32;1-3-23-17-19-25(21-23)15-13-11-9-7-5-6-8-10-12-14-16-26-20-18-24(4-2)22-26;2*1-8-2-4-9(5-3-8)6-10(7-12)11(13)14;11-6-8(10(13)14)5-7-1-3-9(12)4-2-7;1-6-3-2-5-4-6/h9-14,17-20,23-26H,1-8,15-16,21-22,27-30H2;3-4,17-20H,1-2,5-16,21-22H2;2*2-6H,1H3,(H,13,14);1-5,12H,(H,13,14);2-3,5H,4H2,1H3/p-3. The molecule has 5 aromatic carbocycles. The summed E-state index contributed by atoms with van der Waals surface area (Å²) >= 11 is 0. The van der Waals surface area contributed by atoms with Crippen LogP contribution in [0, 0.1) is 47.8 Å². The number of hydrogen-bond donors (Lipinski definition) is 2. The molecule has 0 fully saturated rings. The van der Waals surface area contributed by atoms with Crippen LogP contribution in [0.3, 0.4) is 0 Å². The van der Waals surface area contributed by atoms with Gasteiger partial charge in [-0.1, -0.05) is 260 Å². The molecule has 0 aliphatic carbocycles. The van der Waals surface area contributed by atoms with E-state index < -0.39 is 17.9 Å². The van der Waals surface area contributed by atoms with Crippen molar-refractivity contribution in [3.05, 3.63) is 277 Å². The van der Waals surface area contributed by atoms with Crippen molar-refractivity contribution in [2.24, 2.45) is 0 Å². The van der Waals surface area contributed by atoms with E-state index in [4.69, 9.17) is 20.9 Å². The summed E-state index contributed by atoms with van der Waals surface area (Å²) in [4.78, 5) is 52.0. The molecule has 0 atom stereocenters. The molecule has 5 heterocycles. The topological polar surface area (TPSA) is 253 Å². The third-order valence-electron chi connectivity index (χ3n) is 18.3. The smallest absolute Gasteiger partial charge is 0.346 e. The summed E-state index contributed by atoms with van der Waals surface area (Å²) in [7, 11) is 2.02. The Hall–Kier alpha value is -11.8. The van der Waals surface area contributed by atoms with Crippen molar-refractivity contribution < 1.29 is 34.8 Å². The minimum atomic E-state index is -1.45. The average Bonchev–Trinajstić information content (AvgIpc) is 1.80. The van der Waals surface area contributed by atoms with Gasteiger partial charge < -0.3 is 79.4 Å². The zero-order valence-corrected chi connectivity index (χ0v) is 65.0. The lowest BCUT2D eigenvalue weighted by atomic mass is 10.1. The Morgan fingerprint density at radius 2 is 0.718 bits per heavy atom. The molecule has 584 valence electrons. The van der Waals surface area contributed by atoms with Crippen LogP contribution >= 0.6 is 0 Å². The third-order valence-corrected chi connectivity index (χ3v) is 18.3. The minimum Gasteiger partial charge on any atom is -0.872 e. The Morgan fingerprint density at radius 3 is 0.991 bits per heavy atom. The molecule has 20 heteroatoms. The maximum Gasteiger partial charge on any atom is 0.346 e. The van der Waals surface area contributed by atoms with Gasteiger partial charge in [0.2, 0.25) is 0 Å². The molecule has 2 N–H and O–H groups in total. The van der Waals surface area contributed by atoms with Crippen LogP contribution in [0.5, 0.6) is 5.75 Å². The summed E-state index contributed by atoms with van der Waals surface area (Å²) in [5, 5.41) is 68.5. The molecule has 0 saturated heterocycles. The van der Waals surface area contributed by atoms with Gasteiger partial charge in [-0.2, -0.15) is 15.8 Å². The highest BCUT2D eigenvalue weighted by molar-refractivity contribution is 5.97. The summed E-state index contributed by atoms with van der Waals surface area (Å²) in [6, 6.07) is 46.1. The third kappa shape index (κ3) is 39.2. The summed E-state index contributed by atoms with van der Waals surface area (Å²) in [5.41, 5.74) is 5.71. The number of benzene rings is 5. The fraction of sp³-hybridized carbons (Fsp3) is 0.378. The molecule has 0 radical (unpaired) electrons. The van der Waals surface area contributed by atoms with Gasteiger partial charge in [0.15, 0.2) is 0 Å². The van der Waals surface area contributed by atoms with Gasteiger partial charge in [-0.25, -0.2) is 4.79 Å². The molecular weight excluding hydrogens is 1380 g/mol. The van der Waals surface area contributed by atoms with Gasteiger partial charge in [0.1, 0.15) is 23.8 Å². The largest absolute Gasteiger partial charge is 0.872 e. The maximum atomic E-state index is 10.7. The number of rotatable bonds is 38. The second-order valence-corrected chi connectivity index (χ2v) is 27.7. The van der Waals surface area contributed by atoms with E-state index in [0.717, 1.165) is 57.6 Å². The second kappa shape index (κ2) is 53.9. The van der Waals surface area contributed by atoms with E-state index in [-0.39, 0.29) is 22.5 Å². The molecule has 0 unspecified atom stereocenters. The van der Waals surface area contributed by atoms with E-state index in [9.17, 15) is 29.7 Å². The lowest BCUT2D eigenvalue weighted by Gasteiger charge is -2.21. The SMILES string of the molecule is C1=CN(Cc2ccccc2)CN1CCCCCCCCCCCCN1C=CN(Cc2ccccc2)C1.C=CN1C=CN(CCCCCCCCCCCCN2C=CN(C=C)C2)C1.CN1C=CNC1.Cc1ccc(C=C(C#N)C(=O)[O-])cc1.Cc1ccc(C=C(C#N)C(=O)[O-])cc1.N#CC(=Cc1ccc([O-])cc1)C(=O)O. The molecule has 110 heavy (non-hydrogen) atoms. The van der Waals surface area contributed by atoms with Crippen LogP contribution in [0.4, 0.5) is 0 Å². The summed E-state index contributed by atoms with van der Waals surface area (Å²) in [6.45, 7) is 23.2. The number of aliphatic carboxylic acids is 3. The highest BCUT2D eigenvalue weighted by Crippen LogP contribution is 2.20. The predicted molar refractivity (Wildman–Crippen MR) is 435 cm³/mol. The first kappa shape index (κ1) is 88.8. The number of carbonyl (C=O) groups is 3. The number of carboxylic acid groups (broad SMARTS) is 3. The Morgan fingerprint density at radius 1 is 0.418 bits per heavy atom. The van der Waals surface area contributed by atoms with Crippen molar-refractivity contribution in [3.8, 4) is 24.0 Å². The van der Waals surface area contributed by atoms with E-state index >= 15 is 0 Å². The highest BCUT2D eigenvalue weighted by Gasteiger charge is 2.15. The van der Waals surface area contributed by atoms with Crippen LogP contribution < -0.4 is 20.6 Å². The van der Waals surface area contributed by atoms with Gasteiger partial charge in [0, 0.05) is 108 Å². The minimum absolute atomic E-state index is 0.156. The summed E-state index contributed by atoms with van der Waals surface area (Å²) < 4.78 is 0. The van der Waals surface area contributed by atoms with Gasteiger partial charge in [0.25, 0.3) is 0 Å². The van der Waals surface area contributed by atoms with Gasteiger partial charge >= 0.3 is 5.97 Å². The van der Waals surface area contributed by atoms with Gasteiger partial charge in [-0.05, 0) is 98.0 Å². The molecule has 0 amide bonds. The molecule has 5 aromatic rings. The van der Waals surface area contributed by atoms with Crippen molar-refractivity contribution in [2.45, 2.75) is 155 Å². The molecule has 10 rings (SSSR count). The lowest BCUT2D eigenvalue weighted by Crippen LogP contribution is -2.25. The van der Waals surface area contributed by atoms with Crippen molar-refractivity contribution in [1.82, 2.24) is 49.4 Å². The van der Waals surface area contributed by atoms with Crippen molar-refractivity contribution in [1.29, 1.82) is 15.8 Å². The summed E-state index contributed by atoms with van der Waals surface area (Å²) in [5.74, 6) is -4.34. The van der Waals surface area contributed by atoms with Crippen molar-refractivity contribution >= 4 is 36.1 Å². The van der Waals surface area contributed by atoms with Gasteiger partial charge in [-0.3, -0.25) is 0 Å². The van der Waals surface area contributed by atoms with Crippen LogP contribution in [-0.4, -0.2) is 134 Å². The van der Waals surface area contributed by atoms with E-state index in [2.05, 4.69) is 173 Å². The zero-order chi connectivity index (χ0) is 79.2. The fourth-order valence-electron chi connectivity index (χ4n) is 12.0. The van der Waals surface area contributed by atoms with Crippen LogP contribution in [0.1, 0.15) is 167 Å². The molecular formula is C90H114N13O7-3. The summed E-state index contributed by atoms with van der Waals surface area (Å²) in [6.07, 6.45) is 56.7. The van der Waals surface area contributed by atoms with Crippen LogP contribution in [0.25, 0.3) is 18.2 Å². The number of nitrogens with one attached hydrogen (secondary N) is 1. The van der Waals surface area contributed by atoms with E-state index in [0.29, 0.717) is 16.7 Å². The number of unbranched alkanes of at least 4 members (excludes halogenated alkanes) is 18. The van der Waals surface area contributed by atoms with Crippen LogP contribution in [-0.2, 0) is 27.5 Å². The monoisotopic (exact) mass is 1490 g/mol. The maximum absolute atomic E-state index is 10.7. The Labute approximate surface area is 655 Å². The zero-order valence-electron chi connectivity index (χ0n) is 65.0. The number of carboxylic acids is 3. The Balaban J connectivity index is 0.000000255. The molecule has 5 aliphatic rings. The fourth-order valence-corrected chi connectivity index (χ4v) is 12.0. The van der Waals surface area contributed by atoms with Crippen LogP contribution in [0.2, 0.25) is 0 Å². The number of hydrogen-bond acceptors (Lipinski definition) is 19. The number of nitriles is 3. The van der Waals surface area contributed by atoms with Crippen LogP contribution in [0.15, 0.2) is 238 Å². The van der Waals surface area contributed by atoms with Gasteiger partial charge in [-0.15, -0.1) is 5.75 Å². The highest BCUT2D eigenvalue weighted by atomic mass is 16.4. The molecule has 0 spiro atoms. The first-order chi connectivity index (χ1) is 53.4. The quantitative estimate of drug-likeness (QED) is 0.0212. The number of nitrogens with zero attached hydrogens (tertiary/aromatic N) is 12. The van der Waals surface area contributed by atoms with Crippen molar-refractivity contribution in [2.75, 3.05) is 66.6 Å². The number of aryl methyl sites for hydroxylation is 2. The Bertz CT molecular complexity index is 3570. The molecule has 0 bridgehead atoms. The average molecular weight is 1490 g/mol. The molecule has 0 aromatic heterocycles. The lowest BCUT2D eigenvalue weighted by molar-refractivity contribution is -0.299. The van der Waals surface area contributed by atoms with Gasteiger partial charge in [0.05, 0.1) is 56.4 Å². The molecule has 20 nitrogen and oxygen atoms in total. The number of carbonyl (C=O) groups excluding carboxylic acids is 2. The van der Waals surface area contributed by atoms with E-state index in [1.165, 1.54) is 208 Å². The first-order valence-corrected chi connectivity index (χ1v) is 38.5. The van der Waals surface area contributed by atoms with E-state index in [1.54, 1.807) is 42.5 Å². The van der Waals surface area contributed by atoms with E-state index in [1.807, 2.05) is 70.0 Å². The predicted octanol–water partition coefficient (Wildman–Crippen LogP) is 14.7. The first-order valence-electron chi connectivity index (χ1n) is 38.5. The molecule has 5 aliphatic heterocycles. The second-order valence-electron chi connectivity index (χ2n) is 27.7. The molecule has 0 saturated carbocycles. The van der Waals surface area contributed by atoms with Crippen molar-refractivity contribution in [3.63, 3.8) is 0 Å².